The van der Waals surface area contributed by atoms with Crippen LogP contribution in [0.15, 0.2) is 33.7 Å². The predicted molar refractivity (Wildman–Crippen MR) is 97.7 cm³/mol. The van der Waals surface area contributed by atoms with Gasteiger partial charge in [-0.3, -0.25) is 14.6 Å². The van der Waals surface area contributed by atoms with E-state index in [2.05, 4.69) is 20.4 Å². The average Bonchev–Trinajstić information content (AvgIpc) is 3.22. The molecule has 3 heterocycles. The van der Waals surface area contributed by atoms with E-state index in [4.69, 9.17) is 4.42 Å². The lowest BCUT2D eigenvalue weighted by molar-refractivity contribution is -0.117. The molecule has 138 valence electrons. The van der Waals surface area contributed by atoms with Crippen molar-refractivity contribution in [2.75, 3.05) is 5.32 Å². The van der Waals surface area contributed by atoms with Crippen molar-refractivity contribution in [3.05, 3.63) is 46.1 Å². The van der Waals surface area contributed by atoms with Crippen LogP contribution in [0.1, 0.15) is 36.9 Å². The SMILES string of the molecule is O=C(Nc1cc(-c2ccco2)nn1-c1nc2c(c(=O)[nH]1)CCCC2)C1CC1. The summed E-state index contributed by atoms with van der Waals surface area (Å²) < 4.78 is 6.90. The molecule has 0 spiro atoms. The van der Waals surface area contributed by atoms with E-state index >= 15 is 0 Å². The molecule has 1 saturated carbocycles. The standard InChI is InChI=1S/C19H19N5O3/c25-17(11-7-8-11)21-16-10-14(15-6-3-9-27-15)23-24(16)19-20-13-5-2-1-4-12(13)18(26)22-19/h3,6,9-11H,1-2,4-5,7-8H2,(H,21,25)(H,20,22,26). The van der Waals surface area contributed by atoms with Crippen LogP contribution in [0, 0.1) is 5.92 Å². The molecule has 2 aliphatic rings. The van der Waals surface area contributed by atoms with Gasteiger partial charge in [0, 0.05) is 17.5 Å². The fraction of sp³-hybridized carbons (Fsp3) is 0.368. The Morgan fingerprint density at radius 3 is 2.93 bits per heavy atom. The van der Waals surface area contributed by atoms with E-state index in [9.17, 15) is 9.59 Å². The Morgan fingerprint density at radius 1 is 1.30 bits per heavy atom. The van der Waals surface area contributed by atoms with E-state index in [1.165, 1.54) is 4.68 Å². The zero-order valence-corrected chi connectivity index (χ0v) is 14.7. The van der Waals surface area contributed by atoms with Crippen molar-refractivity contribution >= 4 is 11.7 Å². The van der Waals surface area contributed by atoms with Crippen molar-refractivity contribution in [3.8, 4) is 17.4 Å². The molecule has 0 radical (unpaired) electrons. The van der Waals surface area contributed by atoms with Crippen LogP contribution in [0.25, 0.3) is 17.4 Å². The number of rotatable bonds is 4. The quantitative estimate of drug-likeness (QED) is 0.739. The van der Waals surface area contributed by atoms with E-state index in [1.807, 2.05) is 0 Å². The number of aromatic nitrogens is 4. The Kier molecular flexibility index (Phi) is 3.70. The van der Waals surface area contributed by atoms with E-state index in [0.29, 0.717) is 23.2 Å². The number of furan rings is 1. The number of fused-ring (bicyclic) bond motifs is 1. The van der Waals surface area contributed by atoms with Crippen molar-refractivity contribution in [3.63, 3.8) is 0 Å². The van der Waals surface area contributed by atoms with Crippen LogP contribution in [0.4, 0.5) is 5.82 Å². The Morgan fingerprint density at radius 2 is 2.15 bits per heavy atom. The van der Waals surface area contributed by atoms with Gasteiger partial charge in [0.05, 0.1) is 12.0 Å². The minimum Gasteiger partial charge on any atom is -0.463 e. The Bertz CT molecular complexity index is 1060. The fourth-order valence-corrected chi connectivity index (χ4v) is 3.44. The van der Waals surface area contributed by atoms with E-state index in [0.717, 1.165) is 49.8 Å². The fourth-order valence-electron chi connectivity index (χ4n) is 3.44. The maximum absolute atomic E-state index is 12.5. The molecule has 0 bridgehead atoms. The van der Waals surface area contributed by atoms with Gasteiger partial charge >= 0.3 is 0 Å². The lowest BCUT2D eigenvalue weighted by atomic mass is 9.97. The smallest absolute Gasteiger partial charge is 0.255 e. The molecule has 0 aromatic carbocycles. The van der Waals surface area contributed by atoms with Gasteiger partial charge in [0.15, 0.2) is 5.76 Å². The third-order valence-electron chi connectivity index (χ3n) is 5.06. The van der Waals surface area contributed by atoms with Crippen LogP contribution in [0.2, 0.25) is 0 Å². The first-order chi connectivity index (χ1) is 13.2. The topological polar surface area (TPSA) is 106 Å². The summed E-state index contributed by atoms with van der Waals surface area (Å²) in [7, 11) is 0. The maximum atomic E-state index is 12.5. The minimum atomic E-state index is -0.135. The second kappa shape index (κ2) is 6.22. The number of amides is 1. The van der Waals surface area contributed by atoms with Crippen LogP contribution >= 0.6 is 0 Å². The van der Waals surface area contributed by atoms with Gasteiger partial charge in [0.25, 0.3) is 5.56 Å². The van der Waals surface area contributed by atoms with Crippen LogP contribution in [0.3, 0.4) is 0 Å². The number of aromatic amines is 1. The lowest BCUT2D eigenvalue weighted by Crippen LogP contribution is -2.25. The van der Waals surface area contributed by atoms with Gasteiger partial charge in [-0.2, -0.15) is 9.78 Å². The molecule has 5 rings (SSSR count). The first-order valence-corrected chi connectivity index (χ1v) is 9.26. The number of nitrogens with zero attached hydrogens (tertiary/aromatic N) is 3. The number of hydrogen-bond donors (Lipinski definition) is 2. The van der Waals surface area contributed by atoms with Crippen LogP contribution in [-0.4, -0.2) is 25.7 Å². The van der Waals surface area contributed by atoms with Crippen molar-refractivity contribution in [1.82, 2.24) is 19.7 Å². The molecule has 0 unspecified atom stereocenters. The summed E-state index contributed by atoms with van der Waals surface area (Å²) in [6.07, 6.45) is 6.92. The number of carbonyl (C=O) groups is 1. The summed E-state index contributed by atoms with van der Waals surface area (Å²) in [6.45, 7) is 0. The minimum absolute atomic E-state index is 0.0394. The first-order valence-electron chi connectivity index (χ1n) is 9.26. The van der Waals surface area contributed by atoms with Crippen molar-refractivity contribution in [2.45, 2.75) is 38.5 Å². The van der Waals surface area contributed by atoms with Gasteiger partial charge in [-0.1, -0.05) is 0 Å². The third-order valence-corrected chi connectivity index (χ3v) is 5.06. The molecule has 1 amide bonds. The number of H-pyrrole nitrogens is 1. The number of carbonyl (C=O) groups excluding carboxylic acids is 1. The van der Waals surface area contributed by atoms with Crippen molar-refractivity contribution in [2.24, 2.45) is 5.92 Å². The second-order valence-corrected chi connectivity index (χ2v) is 7.09. The number of aryl methyl sites for hydroxylation is 1. The molecule has 8 heteroatoms. The summed E-state index contributed by atoms with van der Waals surface area (Å²) >= 11 is 0. The molecule has 3 aromatic rings. The summed E-state index contributed by atoms with van der Waals surface area (Å²) in [4.78, 5) is 32.2. The summed E-state index contributed by atoms with van der Waals surface area (Å²) in [5, 5.41) is 7.43. The first kappa shape index (κ1) is 16.0. The highest BCUT2D eigenvalue weighted by Crippen LogP contribution is 2.31. The molecule has 3 aromatic heterocycles. The van der Waals surface area contributed by atoms with Gasteiger partial charge in [0.2, 0.25) is 11.9 Å². The van der Waals surface area contributed by atoms with Gasteiger partial charge < -0.3 is 9.73 Å². The van der Waals surface area contributed by atoms with E-state index < -0.39 is 0 Å². The summed E-state index contributed by atoms with van der Waals surface area (Å²) in [6, 6.07) is 5.30. The highest BCUT2D eigenvalue weighted by molar-refractivity contribution is 5.94. The molecule has 0 aliphatic heterocycles. The van der Waals surface area contributed by atoms with E-state index in [1.54, 1.807) is 24.5 Å². The maximum Gasteiger partial charge on any atom is 0.255 e. The monoisotopic (exact) mass is 365 g/mol. The van der Waals surface area contributed by atoms with Crippen molar-refractivity contribution < 1.29 is 9.21 Å². The van der Waals surface area contributed by atoms with Crippen LogP contribution < -0.4 is 10.9 Å². The van der Waals surface area contributed by atoms with Crippen LogP contribution in [0.5, 0.6) is 0 Å². The molecular weight excluding hydrogens is 346 g/mol. The summed E-state index contributed by atoms with van der Waals surface area (Å²) in [5.74, 6) is 1.37. The number of hydrogen-bond acceptors (Lipinski definition) is 5. The van der Waals surface area contributed by atoms with Gasteiger partial charge in [-0.15, -0.1) is 0 Å². The number of nitrogens with one attached hydrogen (secondary N) is 2. The summed E-state index contributed by atoms with van der Waals surface area (Å²) in [5.41, 5.74) is 2.00. The average molecular weight is 365 g/mol. The van der Waals surface area contributed by atoms with Gasteiger partial charge in [-0.05, 0) is 50.7 Å². The zero-order chi connectivity index (χ0) is 18.4. The number of anilines is 1. The van der Waals surface area contributed by atoms with Crippen molar-refractivity contribution in [1.29, 1.82) is 0 Å². The zero-order valence-electron chi connectivity index (χ0n) is 14.7. The highest BCUT2D eigenvalue weighted by atomic mass is 16.3. The Hall–Kier alpha value is -3.16. The normalized spacial score (nSPS) is 16.1. The van der Waals surface area contributed by atoms with E-state index in [-0.39, 0.29) is 17.4 Å². The van der Waals surface area contributed by atoms with Gasteiger partial charge in [-0.25, -0.2) is 4.98 Å². The Balaban J connectivity index is 1.60. The molecule has 2 N–H and O–H groups in total. The molecule has 0 atom stereocenters. The largest absolute Gasteiger partial charge is 0.463 e. The van der Waals surface area contributed by atoms with Gasteiger partial charge in [0.1, 0.15) is 11.5 Å². The molecule has 27 heavy (non-hydrogen) atoms. The second-order valence-electron chi connectivity index (χ2n) is 7.09. The molecule has 2 aliphatic carbocycles. The highest BCUT2D eigenvalue weighted by Gasteiger charge is 2.31. The third kappa shape index (κ3) is 2.97. The molecule has 1 fully saturated rings. The lowest BCUT2D eigenvalue weighted by Gasteiger charge is -2.15. The van der Waals surface area contributed by atoms with Crippen LogP contribution in [-0.2, 0) is 17.6 Å². The molecule has 8 nitrogen and oxygen atoms in total. The molecule has 0 saturated heterocycles. The molecular formula is C19H19N5O3. The predicted octanol–water partition coefficient (Wildman–Crippen LogP) is 2.44. The Labute approximate surface area is 154 Å².